The molecule has 0 aliphatic carbocycles. The van der Waals surface area contributed by atoms with E-state index >= 15 is 0 Å². The van der Waals surface area contributed by atoms with Gasteiger partial charge >= 0.3 is 0 Å². The van der Waals surface area contributed by atoms with E-state index in [1.165, 1.54) is 36.9 Å². The van der Waals surface area contributed by atoms with Gasteiger partial charge in [-0.2, -0.15) is 0 Å². The van der Waals surface area contributed by atoms with Crippen molar-refractivity contribution >= 4 is 37.5 Å². The van der Waals surface area contributed by atoms with E-state index in [9.17, 15) is 4.79 Å². The zero-order valence-corrected chi connectivity index (χ0v) is 13.8. The maximum absolute atomic E-state index is 12.3. The minimum absolute atomic E-state index is 0.0201. The molecular formula is C18H17BrN2O. The molecule has 4 rings (SSSR count). The Hall–Kier alpha value is -1.65. The van der Waals surface area contributed by atoms with Crippen LogP contribution < -0.4 is 5.56 Å². The number of aromatic nitrogens is 1. The second-order valence-electron chi connectivity index (χ2n) is 5.98. The van der Waals surface area contributed by atoms with E-state index in [0.29, 0.717) is 0 Å². The minimum atomic E-state index is -0.0201. The fourth-order valence-electron chi connectivity index (χ4n) is 3.47. The molecule has 0 atom stereocenters. The number of benzene rings is 2. The van der Waals surface area contributed by atoms with E-state index in [4.69, 9.17) is 0 Å². The Morgan fingerprint density at radius 1 is 1.09 bits per heavy atom. The molecule has 1 aromatic heterocycles. The minimum Gasteiger partial charge on any atom is -0.329 e. The summed E-state index contributed by atoms with van der Waals surface area (Å²) >= 11 is 3.53. The number of rotatable bonds is 2. The van der Waals surface area contributed by atoms with Gasteiger partial charge in [-0.1, -0.05) is 22.0 Å². The van der Waals surface area contributed by atoms with Crippen LogP contribution in [-0.4, -0.2) is 23.0 Å². The van der Waals surface area contributed by atoms with E-state index in [-0.39, 0.29) is 5.56 Å². The van der Waals surface area contributed by atoms with Gasteiger partial charge in [0.2, 0.25) is 0 Å². The molecule has 1 saturated heterocycles. The molecule has 0 amide bonds. The van der Waals surface area contributed by atoms with Crippen LogP contribution in [0.15, 0.2) is 45.8 Å². The van der Waals surface area contributed by atoms with Gasteiger partial charge in [-0.25, -0.2) is 0 Å². The highest BCUT2D eigenvalue weighted by Gasteiger charge is 2.15. The molecule has 1 fully saturated rings. The molecule has 4 heteroatoms. The molecule has 0 saturated carbocycles. The summed E-state index contributed by atoms with van der Waals surface area (Å²) in [7, 11) is 0. The summed E-state index contributed by atoms with van der Waals surface area (Å²) in [5, 5.41) is 4.01. The number of nitrogens with zero attached hydrogens (tertiary/aromatic N) is 1. The summed E-state index contributed by atoms with van der Waals surface area (Å²) in [6.45, 7) is 3.30. The predicted molar refractivity (Wildman–Crippen MR) is 94.3 cm³/mol. The predicted octanol–water partition coefficient (Wildman–Crippen LogP) is 4.04. The molecule has 0 spiro atoms. The third kappa shape index (κ3) is 2.36. The first-order valence-electron chi connectivity index (χ1n) is 7.67. The first kappa shape index (κ1) is 14.0. The van der Waals surface area contributed by atoms with Gasteiger partial charge < -0.3 is 4.98 Å². The van der Waals surface area contributed by atoms with Crippen molar-refractivity contribution in [1.29, 1.82) is 0 Å². The van der Waals surface area contributed by atoms with Crippen LogP contribution in [0.2, 0.25) is 0 Å². The van der Waals surface area contributed by atoms with Crippen molar-refractivity contribution in [2.45, 2.75) is 19.4 Å². The number of pyridine rings is 1. The quantitative estimate of drug-likeness (QED) is 0.703. The number of H-pyrrole nitrogens is 1. The summed E-state index contributed by atoms with van der Waals surface area (Å²) in [6, 6.07) is 10.4. The van der Waals surface area contributed by atoms with Crippen LogP contribution in [0.1, 0.15) is 18.4 Å². The molecule has 0 bridgehead atoms. The largest absolute Gasteiger partial charge is 0.329 e. The van der Waals surface area contributed by atoms with Gasteiger partial charge in [0.15, 0.2) is 0 Å². The number of halogens is 1. The van der Waals surface area contributed by atoms with Crippen LogP contribution in [0.25, 0.3) is 21.5 Å². The molecule has 1 N–H and O–H groups in total. The molecule has 2 aromatic carbocycles. The molecule has 22 heavy (non-hydrogen) atoms. The lowest BCUT2D eigenvalue weighted by Gasteiger charge is -2.17. The summed E-state index contributed by atoms with van der Waals surface area (Å²) in [6.07, 6.45) is 4.31. The van der Waals surface area contributed by atoms with Crippen molar-refractivity contribution in [3.8, 4) is 0 Å². The monoisotopic (exact) mass is 356 g/mol. The lowest BCUT2D eigenvalue weighted by atomic mass is 9.98. The number of hydrogen-bond acceptors (Lipinski definition) is 2. The maximum atomic E-state index is 12.3. The lowest BCUT2D eigenvalue weighted by molar-refractivity contribution is 0.333. The smallest absolute Gasteiger partial charge is 0.256 e. The fraction of sp³-hybridized carbons (Fsp3) is 0.278. The standard InChI is InChI=1S/C18H17BrN2O/c19-14-3-4-15-13(11-21-7-1-2-8-21)9-12-5-6-20-18(22)17(12)16(15)10-14/h3-6,9-10H,1-2,7-8,11H2,(H,20,22). The highest BCUT2D eigenvalue weighted by atomic mass is 79.9. The molecular weight excluding hydrogens is 340 g/mol. The molecule has 1 aliphatic rings. The SMILES string of the molecule is O=c1[nH]ccc2cc(CN3CCCC3)c3ccc(Br)cc3c12. The van der Waals surface area contributed by atoms with Gasteiger partial charge in [0.05, 0.1) is 5.39 Å². The van der Waals surface area contributed by atoms with Crippen molar-refractivity contribution in [2.75, 3.05) is 13.1 Å². The number of nitrogens with one attached hydrogen (secondary N) is 1. The van der Waals surface area contributed by atoms with Crippen molar-refractivity contribution in [2.24, 2.45) is 0 Å². The van der Waals surface area contributed by atoms with Crippen LogP contribution in [0.3, 0.4) is 0 Å². The Bertz CT molecular complexity index is 910. The second-order valence-corrected chi connectivity index (χ2v) is 6.90. The Morgan fingerprint density at radius 2 is 1.91 bits per heavy atom. The number of fused-ring (bicyclic) bond motifs is 3. The first-order chi connectivity index (χ1) is 10.7. The van der Waals surface area contributed by atoms with Crippen LogP contribution in [0.5, 0.6) is 0 Å². The average molecular weight is 357 g/mol. The van der Waals surface area contributed by atoms with Gasteiger partial charge in [0.1, 0.15) is 0 Å². The lowest BCUT2D eigenvalue weighted by Crippen LogP contribution is -2.18. The van der Waals surface area contributed by atoms with Gasteiger partial charge in [0, 0.05) is 17.2 Å². The van der Waals surface area contributed by atoms with E-state index in [1.54, 1.807) is 6.20 Å². The summed E-state index contributed by atoms with van der Waals surface area (Å²) in [4.78, 5) is 17.6. The normalized spacial score (nSPS) is 15.9. The van der Waals surface area contributed by atoms with Gasteiger partial charge in [-0.05, 0) is 71.9 Å². The molecule has 1 aliphatic heterocycles. The molecule has 0 radical (unpaired) electrons. The van der Waals surface area contributed by atoms with Gasteiger partial charge in [0.25, 0.3) is 5.56 Å². The Labute approximate surface area is 137 Å². The average Bonchev–Trinajstić information content (AvgIpc) is 3.00. The first-order valence-corrected chi connectivity index (χ1v) is 8.46. The molecule has 3 nitrogen and oxygen atoms in total. The highest BCUT2D eigenvalue weighted by Crippen LogP contribution is 2.30. The molecule has 2 heterocycles. The number of aromatic amines is 1. The van der Waals surface area contributed by atoms with E-state index in [1.807, 2.05) is 6.07 Å². The van der Waals surface area contributed by atoms with E-state index in [2.05, 4.69) is 50.1 Å². The second kappa shape index (κ2) is 5.52. The van der Waals surface area contributed by atoms with Gasteiger partial charge in [-0.3, -0.25) is 9.69 Å². The van der Waals surface area contributed by atoms with E-state index in [0.717, 1.165) is 27.2 Å². The van der Waals surface area contributed by atoms with Crippen LogP contribution in [0.4, 0.5) is 0 Å². The number of likely N-dealkylation sites (tertiary alicyclic amines) is 1. The molecule has 112 valence electrons. The summed E-state index contributed by atoms with van der Waals surface area (Å²) < 4.78 is 1.00. The fourth-order valence-corrected chi connectivity index (χ4v) is 3.83. The summed E-state index contributed by atoms with van der Waals surface area (Å²) in [5.41, 5.74) is 1.29. The van der Waals surface area contributed by atoms with Crippen LogP contribution in [0, 0.1) is 0 Å². The zero-order valence-electron chi connectivity index (χ0n) is 12.2. The van der Waals surface area contributed by atoms with Crippen LogP contribution in [-0.2, 0) is 6.54 Å². The van der Waals surface area contributed by atoms with Crippen molar-refractivity contribution < 1.29 is 0 Å². The van der Waals surface area contributed by atoms with Crippen molar-refractivity contribution in [3.05, 3.63) is 56.9 Å². The Kier molecular flexibility index (Phi) is 3.51. The zero-order chi connectivity index (χ0) is 15.1. The maximum Gasteiger partial charge on any atom is 0.256 e. The third-order valence-corrected chi connectivity index (χ3v) is 5.01. The van der Waals surface area contributed by atoms with E-state index < -0.39 is 0 Å². The Morgan fingerprint density at radius 3 is 2.73 bits per heavy atom. The topological polar surface area (TPSA) is 36.1 Å². The number of hydrogen-bond donors (Lipinski definition) is 1. The van der Waals surface area contributed by atoms with Crippen LogP contribution >= 0.6 is 15.9 Å². The summed E-state index contributed by atoms with van der Waals surface area (Å²) in [5.74, 6) is 0. The molecule has 3 aromatic rings. The highest BCUT2D eigenvalue weighted by molar-refractivity contribution is 9.10. The van der Waals surface area contributed by atoms with Crippen molar-refractivity contribution in [3.63, 3.8) is 0 Å². The van der Waals surface area contributed by atoms with Gasteiger partial charge in [-0.15, -0.1) is 0 Å². The molecule has 0 unspecified atom stereocenters. The third-order valence-electron chi connectivity index (χ3n) is 4.51. The Balaban J connectivity index is 2.00. The van der Waals surface area contributed by atoms with Crippen molar-refractivity contribution in [1.82, 2.24) is 9.88 Å².